The van der Waals surface area contributed by atoms with Crippen LogP contribution in [-0.4, -0.2) is 33.7 Å². The van der Waals surface area contributed by atoms with Crippen LogP contribution >= 0.6 is 0 Å². The molecule has 6 heteroatoms. The number of hydrogen-bond acceptors (Lipinski definition) is 4. The van der Waals surface area contributed by atoms with Crippen molar-refractivity contribution in [3.63, 3.8) is 0 Å². The lowest BCUT2D eigenvalue weighted by molar-refractivity contribution is 0.0794. The lowest BCUT2D eigenvalue weighted by Crippen LogP contribution is -2.31. The summed E-state index contributed by atoms with van der Waals surface area (Å²) in [7, 11) is 0. The Morgan fingerprint density at radius 2 is 1.77 bits per heavy atom. The van der Waals surface area contributed by atoms with E-state index < -0.39 is 0 Å². The molecule has 1 aromatic heterocycles. The Kier molecular flexibility index (Phi) is 4.55. The van der Waals surface area contributed by atoms with E-state index in [1.165, 1.54) is 4.90 Å². The quantitative estimate of drug-likeness (QED) is 0.807. The first-order valence-electron chi connectivity index (χ1n) is 6.73. The summed E-state index contributed by atoms with van der Waals surface area (Å²) < 4.78 is 1.80. The van der Waals surface area contributed by atoms with E-state index in [1.54, 1.807) is 28.9 Å². The number of amides is 1. The molecule has 2 aromatic rings. The average molecular weight is 293 g/mol. The Balaban J connectivity index is 2.25. The summed E-state index contributed by atoms with van der Waals surface area (Å²) in [6, 6.07) is 12.7. The second-order valence-electron chi connectivity index (χ2n) is 4.86. The maximum Gasteiger partial charge on any atom is 0.255 e. The molecular weight excluding hydrogens is 278 g/mol. The predicted molar refractivity (Wildman–Crippen MR) is 80.2 cm³/mol. The summed E-state index contributed by atoms with van der Waals surface area (Å²) in [6.45, 7) is 3.67. The summed E-state index contributed by atoms with van der Waals surface area (Å²) in [5.74, 6) is -0.331. The van der Waals surface area contributed by atoms with Crippen LogP contribution in [0.2, 0.25) is 0 Å². The second-order valence-corrected chi connectivity index (χ2v) is 4.86. The first kappa shape index (κ1) is 15.3. The number of carbonyl (C=O) groups excluding carboxylic acids is 1. The maximum atomic E-state index is 12.2. The Bertz CT molecular complexity index is 745. The molecule has 0 aliphatic carbocycles. The summed E-state index contributed by atoms with van der Waals surface area (Å²) >= 11 is 0. The lowest BCUT2D eigenvalue weighted by atomic mass is 10.1. The van der Waals surface area contributed by atoms with Crippen LogP contribution in [0.4, 0.5) is 0 Å². The van der Waals surface area contributed by atoms with Crippen molar-refractivity contribution in [2.45, 2.75) is 13.8 Å². The van der Waals surface area contributed by atoms with Gasteiger partial charge < -0.3 is 4.90 Å². The molecule has 0 aliphatic heterocycles. The van der Waals surface area contributed by atoms with Crippen molar-refractivity contribution in [2.75, 3.05) is 13.1 Å². The summed E-state index contributed by atoms with van der Waals surface area (Å²) in [5.41, 5.74) is 3.23. The molecule has 6 nitrogen and oxygen atoms in total. The van der Waals surface area contributed by atoms with Crippen molar-refractivity contribution in [3.8, 4) is 17.8 Å². The van der Waals surface area contributed by atoms with Gasteiger partial charge in [0.2, 0.25) is 0 Å². The molecule has 0 saturated heterocycles. The van der Waals surface area contributed by atoms with Gasteiger partial charge in [-0.15, -0.1) is 0 Å². The number of aryl methyl sites for hydroxylation is 2. The van der Waals surface area contributed by atoms with Crippen molar-refractivity contribution in [1.29, 1.82) is 10.5 Å². The molecule has 110 valence electrons. The number of hydrogen-bond donors (Lipinski definition) is 0. The van der Waals surface area contributed by atoms with E-state index >= 15 is 0 Å². The van der Waals surface area contributed by atoms with E-state index in [1.807, 2.05) is 32.1 Å². The van der Waals surface area contributed by atoms with Gasteiger partial charge in [0.1, 0.15) is 13.1 Å². The minimum Gasteiger partial charge on any atom is -0.312 e. The van der Waals surface area contributed by atoms with Gasteiger partial charge >= 0.3 is 0 Å². The van der Waals surface area contributed by atoms with Gasteiger partial charge in [0.25, 0.3) is 5.91 Å². The monoisotopic (exact) mass is 293 g/mol. The van der Waals surface area contributed by atoms with Crippen molar-refractivity contribution >= 4 is 5.91 Å². The molecule has 0 fully saturated rings. The van der Waals surface area contributed by atoms with Crippen LogP contribution in [0.3, 0.4) is 0 Å². The van der Waals surface area contributed by atoms with E-state index in [-0.39, 0.29) is 19.0 Å². The zero-order valence-corrected chi connectivity index (χ0v) is 12.4. The largest absolute Gasteiger partial charge is 0.312 e. The first-order valence-corrected chi connectivity index (χ1v) is 6.73. The Morgan fingerprint density at radius 3 is 2.23 bits per heavy atom. The van der Waals surface area contributed by atoms with E-state index in [9.17, 15) is 4.79 Å². The number of carbonyl (C=O) groups is 1. The van der Waals surface area contributed by atoms with Gasteiger partial charge in [-0.2, -0.15) is 15.6 Å². The SMILES string of the molecule is Cc1cc(C)n(-c2ccc(C(=O)N(CC#N)CC#N)cc2)n1. The molecule has 0 N–H and O–H groups in total. The Hall–Kier alpha value is -3.12. The highest BCUT2D eigenvalue weighted by atomic mass is 16.2. The van der Waals surface area contributed by atoms with Gasteiger partial charge in [0, 0.05) is 11.3 Å². The fourth-order valence-corrected chi connectivity index (χ4v) is 2.19. The fourth-order valence-electron chi connectivity index (χ4n) is 2.19. The number of nitrogens with zero attached hydrogens (tertiary/aromatic N) is 5. The van der Waals surface area contributed by atoms with E-state index in [0.717, 1.165) is 17.1 Å². The fraction of sp³-hybridized carbons (Fsp3) is 0.250. The van der Waals surface area contributed by atoms with Crippen molar-refractivity contribution in [1.82, 2.24) is 14.7 Å². The summed E-state index contributed by atoms with van der Waals surface area (Å²) in [5, 5.41) is 21.8. The average Bonchev–Trinajstić information content (AvgIpc) is 2.85. The van der Waals surface area contributed by atoms with E-state index in [4.69, 9.17) is 10.5 Å². The number of nitriles is 2. The smallest absolute Gasteiger partial charge is 0.255 e. The molecule has 1 aromatic carbocycles. The molecule has 2 rings (SSSR count). The molecular formula is C16H15N5O. The van der Waals surface area contributed by atoms with Crippen LogP contribution in [0.1, 0.15) is 21.7 Å². The van der Waals surface area contributed by atoms with Gasteiger partial charge in [0.15, 0.2) is 0 Å². The molecule has 0 spiro atoms. The molecule has 0 aliphatic rings. The third-order valence-electron chi connectivity index (χ3n) is 3.18. The molecule has 1 amide bonds. The minimum atomic E-state index is -0.331. The molecule has 0 atom stereocenters. The van der Waals surface area contributed by atoms with Crippen LogP contribution in [0.15, 0.2) is 30.3 Å². The Morgan fingerprint density at radius 1 is 1.18 bits per heavy atom. The van der Waals surface area contributed by atoms with Crippen molar-refractivity contribution in [3.05, 3.63) is 47.3 Å². The van der Waals surface area contributed by atoms with Gasteiger partial charge in [0.05, 0.1) is 23.5 Å². The normalized spacial score (nSPS) is 9.82. The number of rotatable bonds is 4. The topological polar surface area (TPSA) is 85.7 Å². The zero-order chi connectivity index (χ0) is 16.1. The van der Waals surface area contributed by atoms with E-state index in [2.05, 4.69) is 5.10 Å². The van der Waals surface area contributed by atoms with Crippen LogP contribution < -0.4 is 0 Å². The summed E-state index contributed by atoms with van der Waals surface area (Å²) in [4.78, 5) is 13.5. The molecule has 0 radical (unpaired) electrons. The van der Waals surface area contributed by atoms with Gasteiger partial charge in [-0.3, -0.25) is 4.79 Å². The molecule has 0 unspecified atom stereocenters. The van der Waals surface area contributed by atoms with Crippen molar-refractivity contribution in [2.24, 2.45) is 0 Å². The molecule has 0 saturated carbocycles. The van der Waals surface area contributed by atoms with Crippen molar-refractivity contribution < 1.29 is 4.79 Å². The van der Waals surface area contributed by atoms with Gasteiger partial charge in [-0.25, -0.2) is 4.68 Å². The highest BCUT2D eigenvalue weighted by Crippen LogP contribution is 2.14. The van der Waals surface area contributed by atoms with Crippen LogP contribution in [0.25, 0.3) is 5.69 Å². The third kappa shape index (κ3) is 3.13. The minimum absolute atomic E-state index is 0.106. The molecule has 0 bridgehead atoms. The van der Waals surface area contributed by atoms with Crippen LogP contribution in [0, 0.1) is 36.5 Å². The van der Waals surface area contributed by atoms with Gasteiger partial charge in [-0.1, -0.05) is 0 Å². The molecule has 1 heterocycles. The first-order chi connectivity index (χ1) is 10.6. The zero-order valence-electron chi connectivity index (χ0n) is 12.4. The second kappa shape index (κ2) is 6.55. The maximum absolute atomic E-state index is 12.2. The number of benzene rings is 1. The third-order valence-corrected chi connectivity index (χ3v) is 3.18. The standard InChI is InChI=1S/C16H15N5O/c1-12-11-13(2)21(19-12)15-5-3-14(4-6-15)16(22)20(9-7-17)10-8-18/h3-6,11H,9-10H2,1-2H3. The van der Waals surface area contributed by atoms with Crippen LogP contribution in [0.5, 0.6) is 0 Å². The lowest BCUT2D eigenvalue weighted by Gasteiger charge is -2.16. The predicted octanol–water partition coefficient (Wildman–Crippen LogP) is 1.98. The molecule has 22 heavy (non-hydrogen) atoms. The van der Waals surface area contributed by atoms with Gasteiger partial charge in [-0.05, 0) is 44.2 Å². The van der Waals surface area contributed by atoms with Crippen LogP contribution in [-0.2, 0) is 0 Å². The number of aromatic nitrogens is 2. The summed E-state index contributed by atoms with van der Waals surface area (Å²) in [6.07, 6.45) is 0. The van der Waals surface area contributed by atoms with E-state index in [0.29, 0.717) is 5.56 Å². The highest BCUT2D eigenvalue weighted by molar-refractivity contribution is 5.94. The highest BCUT2D eigenvalue weighted by Gasteiger charge is 2.15. The Labute approximate surface area is 128 Å².